The maximum absolute atomic E-state index is 11.5. The molecule has 1 aromatic carbocycles. The number of rotatable bonds is 1. The molecule has 0 bridgehead atoms. The van der Waals surface area contributed by atoms with Gasteiger partial charge in [0.1, 0.15) is 0 Å². The van der Waals surface area contributed by atoms with Gasteiger partial charge in [-0.05, 0) is 5.56 Å². The predicted molar refractivity (Wildman–Crippen MR) is 52.8 cm³/mol. The Labute approximate surface area is 82.2 Å². The third-order valence-electron chi connectivity index (χ3n) is 2.17. The van der Waals surface area contributed by atoms with Gasteiger partial charge in [-0.1, -0.05) is 42.5 Å². The van der Waals surface area contributed by atoms with E-state index in [0.29, 0.717) is 5.57 Å². The summed E-state index contributed by atoms with van der Waals surface area (Å²) in [6.45, 7) is 0. The van der Waals surface area contributed by atoms with Crippen molar-refractivity contribution in [3.8, 4) is 0 Å². The molecule has 0 N–H and O–H groups in total. The Morgan fingerprint density at radius 3 is 2.50 bits per heavy atom. The van der Waals surface area contributed by atoms with Crippen molar-refractivity contribution in [3.05, 3.63) is 53.8 Å². The third kappa shape index (κ3) is 1.46. The highest BCUT2D eigenvalue weighted by molar-refractivity contribution is 6.04. The minimum Gasteiger partial charge on any atom is -0.290 e. The van der Waals surface area contributed by atoms with E-state index >= 15 is 0 Å². The first-order chi connectivity index (χ1) is 6.79. The first kappa shape index (κ1) is 8.75. The van der Waals surface area contributed by atoms with Crippen molar-refractivity contribution in [2.45, 2.75) is 6.42 Å². The van der Waals surface area contributed by atoms with Crippen molar-refractivity contribution >= 4 is 11.4 Å². The Hall–Kier alpha value is -1.83. The number of allylic oxidation sites excluding steroid dienone is 4. The van der Waals surface area contributed by atoms with Crippen LogP contribution in [0, 0.1) is 0 Å². The molecule has 1 radical (unpaired) electrons. The van der Waals surface area contributed by atoms with Crippen LogP contribution in [0.5, 0.6) is 0 Å². The zero-order valence-electron chi connectivity index (χ0n) is 7.57. The average molecular weight is 185 g/mol. The van der Waals surface area contributed by atoms with Gasteiger partial charge in [-0.2, -0.15) is 0 Å². The molecule has 0 saturated carbocycles. The van der Waals surface area contributed by atoms with Gasteiger partial charge in [-0.15, -0.1) is 0 Å². The van der Waals surface area contributed by atoms with Crippen LogP contribution in [0.15, 0.2) is 48.2 Å². The molecule has 0 atom stereocenters. The number of carbonyl (C=O) groups is 1. The smallest absolute Gasteiger partial charge is 0.229 e. The van der Waals surface area contributed by atoms with Crippen LogP contribution >= 0.6 is 0 Å². The first-order valence-electron chi connectivity index (χ1n) is 4.45. The number of hydrogen-bond donors (Lipinski definition) is 0. The van der Waals surface area contributed by atoms with Gasteiger partial charge in [0.25, 0.3) is 0 Å². The van der Waals surface area contributed by atoms with E-state index in [1.807, 2.05) is 30.3 Å². The first-order valence-corrected chi connectivity index (χ1v) is 4.45. The zero-order valence-corrected chi connectivity index (χ0v) is 7.57. The van der Waals surface area contributed by atoms with E-state index in [0.717, 1.165) is 5.56 Å². The molecule has 0 heterocycles. The number of hydrogen-bond acceptors (Lipinski definition) is 1. The van der Waals surface area contributed by atoms with Gasteiger partial charge in [0.2, 0.25) is 11.5 Å². The maximum atomic E-state index is 11.5. The lowest BCUT2D eigenvalue weighted by Gasteiger charge is -2.07. The molecule has 0 saturated heterocycles. The van der Waals surface area contributed by atoms with Crippen LogP contribution in [0.2, 0.25) is 0 Å². The molecule has 0 fully saturated rings. The summed E-state index contributed by atoms with van der Waals surface area (Å²) in [4.78, 5) is 11.2. The molecule has 0 spiro atoms. The van der Waals surface area contributed by atoms with Crippen molar-refractivity contribution in [2.24, 2.45) is 0 Å². The van der Waals surface area contributed by atoms with Gasteiger partial charge in [0, 0.05) is 12.0 Å². The summed E-state index contributed by atoms with van der Waals surface area (Å²) >= 11 is 0. The minimum absolute atomic E-state index is 0.231. The molecule has 2 nitrogen and oxygen atoms in total. The fourth-order valence-electron chi connectivity index (χ4n) is 1.45. The number of benzene rings is 1. The van der Waals surface area contributed by atoms with Crippen LogP contribution in [-0.4, -0.2) is 5.78 Å². The molecule has 1 aromatic rings. The molecule has 69 valence electrons. The molecule has 1 aliphatic rings. The largest absolute Gasteiger partial charge is 0.290 e. The highest BCUT2D eigenvalue weighted by atomic mass is 16.3. The molecule has 1 aliphatic carbocycles. The van der Waals surface area contributed by atoms with Crippen molar-refractivity contribution in [1.82, 2.24) is 0 Å². The summed E-state index contributed by atoms with van der Waals surface area (Å²) in [5.74, 6) is -0.704. The SMILES string of the molecule is [O]C1=C(c2ccccc2)C=CCC1=O. The number of Topliss-reactive ketones (excluding diaryl/α,β-unsaturated/α-hetero) is 1. The van der Waals surface area contributed by atoms with E-state index in [1.54, 1.807) is 12.2 Å². The monoisotopic (exact) mass is 185 g/mol. The minimum atomic E-state index is -0.376. The van der Waals surface area contributed by atoms with Gasteiger partial charge in [-0.3, -0.25) is 9.90 Å². The fraction of sp³-hybridized carbons (Fsp3) is 0.0833. The molecule has 0 aliphatic heterocycles. The van der Waals surface area contributed by atoms with Crippen LogP contribution in [0.3, 0.4) is 0 Å². The van der Waals surface area contributed by atoms with Gasteiger partial charge in [0.15, 0.2) is 0 Å². The Balaban J connectivity index is 2.49. The van der Waals surface area contributed by atoms with E-state index in [-0.39, 0.29) is 18.0 Å². The summed E-state index contributed by atoms with van der Waals surface area (Å²) in [5, 5.41) is 11.5. The van der Waals surface area contributed by atoms with Crippen LogP contribution in [0.1, 0.15) is 12.0 Å². The quantitative estimate of drug-likeness (QED) is 0.661. The lowest BCUT2D eigenvalue weighted by atomic mass is 9.97. The summed E-state index contributed by atoms with van der Waals surface area (Å²) in [6.07, 6.45) is 3.68. The second kappa shape index (κ2) is 3.50. The van der Waals surface area contributed by atoms with E-state index in [9.17, 15) is 9.90 Å². The molecule has 0 amide bonds. The molecule has 0 unspecified atom stereocenters. The highest BCUT2D eigenvalue weighted by Gasteiger charge is 2.18. The van der Waals surface area contributed by atoms with Crippen molar-refractivity contribution in [1.29, 1.82) is 0 Å². The zero-order chi connectivity index (χ0) is 9.97. The summed E-state index contributed by atoms with van der Waals surface area (Å²) in [5.41, 5.74) is 1.31. The Kier molecular flexibility index (Phi) is 2.19. The van der Waals surface area contributed by atoms with E-state index in [1.165, 1.54) is 0 Å². The molecule has 2 heteroatoms. The Morgan fingerprint density at radius 1 is 1.07 bits per heavy atom. The van der Waals surface area contributed by atoms with Crippen LogP contribution < -0.4 is 0 Å². The highest BCUT2D eigenvalue weighted by Crippen LogP contribution is 2.23. The maximum Gasteiger partial charge on any atom is 0.229 e. The third-order valence-corrected chi connectivity index (χ3v) is 2.17. The molecule has 2 rings (SSSR count). The predicted octanol–water partition coefficient (Wildman–Crippen LogP) is 2.36. The van der Waals surface area contributed by atoms with Gasteiger partial charge < -0.3 is 0 Å². The fourth-order valence-corrected chi connectivity index (χ4v) is 1.45. The normalized spacial score (nSPS) is 16.1. The van der Waals surface area contributed by atoms with Gasteiger partial charge >= 0.3 is 0 Å². The summed E-state index contributed by atoms with van der Waals surface area (Å²) < 4.78 is 0. The molecular formula is C12H9O2. The second-order valence-electron chi connectivity index (χ2n) is 3.14. The van der Waals surface area contributed by atoms with Crippen LogP contribution in [0.25, 0.3) is 5.57 Å². The lowest BCUT2D eigenvalue weighted by Crippen LogP contribution is -2.05. The van der Waals surface area contributed by atoms with Crippen LogP contribution in [0.4, 0.5) is 0 Å². The number of carbonyl (C=O) groups excluding carboxylic acids is 1. The van der Waals surface area contributed by atoms with Crippen molar-refractivity contribution in [3.63, 3.8) is 0 Å². The lowest BCUT2D eigenvalue weighted by molar-refractivity contribution is -0.118. The van der Waals surface area contributed by atoms with E-state index < -0.39 is 0 Å². The van der Waals surface area contributed by atoms with E-state index in [4.69, 9.17) is 0 Å². The molecule has 0 aromatic heterocycles. The Morgan fingerprint density at radius 2 is 1.79 bits per heavy atom. The summed E-state index contributed by atoms with van der Waals surface area (Å²) in [7, 11) is 0. The second-order valence-corrected chi connectivity index (χ2v) is 3.14. The molecular weight excluding hydrogens is 176 g/mol. The molecule has 14 heavy (non-hydrogen) atoms. The van der Waals surface area contributed by atoms with Gasteiger partial charge in [-0.25, -0.2) is 0 Å². The number of ketones is 1. The van der Waals surface area contributed by atoms with Crippen molar-refractivity contribution in [2.75, 3.05) is 0 Å². The van der Waals surface area contributed by atoms with Crippen molar-refractivity contribution < 1.29 is 9.90 Å². The standard InChI is InChI=1S/C12H9O2/c13-11-8-4-7-10(12(11)14)9-5-2-1-3-6-9/h1-7H,8H2. The summed E-state index contributed by atoms with van der Waals surface area (Å²) in [6, 6.07) is 9.24. The van der Waals surface area contributed by atoms with Gasteiger partial charge in [0.05, 0.1) is 0 Å². The topological polar surface area (TPSA) is 37.0 Å². The Bertz CT molecular complexity index is 413. The average Bonchev–Trinajstić information content (AvgIpc) is 2.23. The van der Waals surface area contributed by atoms with Crippen LogP contribution in [-0.2, 0) is 9.90 Å². The van der Waals surface area contributed by atoms with E-state index in [2.05, 4.69) is 0 Å².